The number of halogens is 1. The van der Waals surface area contributed by atoms with E-state index in [9.17, 15) is 9.18 Å². The molecule has 0 bridgehead atoms. The van der Waals surface area contributed by atoms with E-state index in [1.165, 1.54) is 12.1 Å². The van der Waals surface area contributed by atoms with Crippen molar-refractivity contribution < 1.29 is 9.18 Å². The van der Waals surface area contributed by atoms with Crippen LogP contribution in [0.25, 0.3) is 0 Å². The molecular formula is C13H17FN2O. The minimum absolute atomic E-state index is 0.00858. The van der Waals surface area contributed by atoms with E-state index in [1.54, 1.807) is 22.9 Å². The van der Waals surface area contributed by atoms with Crippen molar-refractivity contribution in [3.63, 3.8) is 0 Å². The highest BCUT2D eigenvalue weighted by molar-refractivity contribution is 5.77. The molecule has 92 valence electrons. The Morgan fingerprint density at radius 2 is 2.12 bits per heavy atom. The number of nitrogens with zero attached hydrogens (tertiary/aromatic N) is 2. The number of urea groups is 1. The number of hydrogen-bond donors (Lipinski definition) is 0. The summed E-state index contributed by atoms with van der Waals surface area (Å²) < 4.78 is 13.2. The monoisotopic (exact) mass is 236 g/mol. The Labute approximate surface area is 101 Å². The van der Waals surface area contributed by atoms with Crippen LogP contribution in [-0.2, 0) is 0 Å². The predicted molar refractivity (Wildman–Crippen MR) is 64.1 cm³/mol. The molecule has 0 radical (unpaired) electrons. The van der Waals surface area contributed by atoms with Crippen LogP contribution >= 0.6 is 0 Å². The Bertz CT molecular complexity index is 433. The third-order valence-corrected chi connectivity index (χ3v) is 3.24. The number of amides is 2. The molecular weight excluding hydrogens is 219 g/mol. The fourth-order valence-corrected chi connectivity index (χ4v) is 2.20. The fraction of sp³-hybridized carbons (Fsp3) is 0.462. The summed E-state index contributed by atoms with van der Waals surface area (Å²) in [7, 11) is 1.76. The molecule has 1 aliphatic heterocycles. The Morgan fingerprint density at radius 3 is 2.65 bits per heavy atom. The average Bonchev–Trinajstić information content (AvgIpc) is 2.56. The van der Waals surface area contributed by atoms with Crippen LogP contribution in [0.15, 0.2) is 24.3 Å². The van der Waals surface area contributed by atoms with Crippen LogP contribution in [0.4, 0.5) is 9.18 Å². The lowest BCUT2D eigenvalue weighted by Crippen LogP contribution is -2.34. The maximum Gasteiger partial charge on any atom is 0.320 e. The van der Waals surface area contributed by atoms with E-state index in [0.29, 0.717) is 6.54 Å². The maximum atomic E-state index is 13.2. The lowest BCUT2D eigenvalue weighted by atomic mass is 10.1. The molecule has 0 aliphatic carbocycles. The molecule has 2 rings (SSSR count). The van der Waals surface area contributed by atoms with Gasteiger partial charge in [-0.2, -0.15) is 0 Å². The summed E-state index contributed by atoms with van der Waals surface area (Å²) >= 11 is 0. The second-order valence-electron chi connectivity index (χ2n) is 4.71. The molecule has 1 unspecified atom stereocenters. The molecule has 0 saturated carbocycles. The molecule has 0 spiro atoms. The molecule has 3 nitrogen and oxygen atoms in total. The van der Waals surface area contributed by atoms with E-state index in [2.05, 4.69) is 0 Å². The molecule has 4 heteroatoms. The van der Waals surface area contributed by atoms with Crippen molar-refractivity contribution in [2.45, 2.75) is 25.9 Å². The highest BCUT2D eigenvalue weighted by Gasteiger charge is 2.36. The highest BCUT2D eigenvalue weighted by Crippen LogP contribution is 2.29. The van der Waals surface area contributed by atoms with Gasteiger partial charge >= 0.3 is 6.03 Å². The summed E-state index contributed by atoms with van der Waals surface area (Å²) in [6, 6.07) is 6.58. The van der Waals surface area contributed by atoms with Crippen molar-refractivity contribution >= 4 is 6.03 Å². The van der Waals surface area contributed by atoms with E-state index >= 15 is 0 Å². The van der Waals surface area contributed by atoms with Crippen LogP contribution in [0.1, 0.15) is 25.5 Å². The Balaban J connectivity index is 2.26. The van der Waals surface area contributed by atoms with Crippen LogP contribution in [0, 0.1) is 5.82 Å². The van der Waals surface area contributed by atoms with Gasteiger partial charge in [0.25, 0.3) is 0 Å². The topological polar surface area (TPSA) is 23.6 Å². The second kappa shape index (κ2) is 4.35. The van der Waals surface area contributed by atoms with Gasteiger partial charge in [-0.3, -0.25) is 0 Å². The maximum absolute atomic E-state index is 13.2. The number of likely N-dealkylation sites (N-methyl/N-ethyl adjacent to an activating group) is 1. The third kappa shape index (κ3) is 2.12. The van der Waals surface area contributed by atoms with Gasteiger partial charge in [0, 0.05) is 19.6 Å². The van der Waals surface area contributed by atoms with Crippen LogP contribution in [0.2, 0.25) is 0 Å². The largest absolute Gasteiger partial charge is 0.320 e. The van der Waals surface area contributed by atoms with Gasteiger partial charge < -0.3 is 9.80 Å². The van der Waals surface area contributed by atoms with Gasteiger partial charge in [0.1, 0.15) is 5.82 Å². The van der Waals surface area contributed by atoms with Crippen molar-refractivity contribution in [3.8, 4) is 0 Å². The number of hydrogen-bond acceptors (Lipinski definition) is 1. The van der Waals surface area contributed by atoms with Crippen LogP contribution in [-0.4, -0.2) is 35.5 Å². The number of carbonyl (C=O) groups excluding carboxylic acids is 1. The van der Waals surface area contributed by atoms with Gasteiger partial charge in [0.05, 0.1) is 6.04 Å². The number of rotatable bonds is 2. The predicted octanol–water partition coefficient (Wildman–Crippen LogP) is 2.64. The number of carbonyl (C=O) groups is 1. The van der Waals surface area contributed by atoms with E-state index in [1.807, 2.05) is 19.9 Å². The zero-order valence-electron chi connectivity index (χ0n) is 10.4. The normalized spacial score (nSPS) is 20.5. The Kier molecular flexibility index (Phi) is 3.05. The molecule has 17 heavy (non-hydrogen) atoms. The van der Waals surface area contributed by atoms with Gasteiger partial charge in [-0.15, -0.1) is 0 Å². The van der Waals surface area contributed by atoms with Gasteiger partial charge in [-0.1, -0.05) is 12.1 Å². The van der Waals surface area contributed by atoms with Crippen molar-refractivity contribution in [1.82, 2.24) is 9.80 Å². The zero-order valence-corrected chi connectivity index (χ0v) is 10.4. The van der Waals surface area contributed by atoms with Crippen molar-refractivity contribution in [2.24, 2.45) is 0 Å². The zero-order chi connectivity index (χ0) is 12.6. The first-order valence-corrected chi connectivity index (χ1v) is 5.79. The van der Waals surface area contributed by atoms with Gasteiger partial charge in [-0.05, 0) is 31.5 Å². The first kappa shape index (κ1) is 11.9. The summed E-state index contributed by atoms with van der Waals surface area (Å²) in [5, 5.41) is 0. The molecule has 1 aromatic carbocycles. The van der Waals surface area contributed by atoms with Crippen molar-refractivity contribution in [1.29, 1.82) is 0 Å². The molecule has 2 amide bonds. The summed E-state index contributed by atoms with van der Waals surface area (Å²) in [5.74, 6) is -0.258. The SMILES string of the molecule is CC(C)N1CC(c2cccc(F)c2)N(C)C1=O. The van der Waals surface area contributed by atoms with E-state index < -0.39 is 0 Å². The average molecular weight is 236 g/mol. The lowest BCUT2D eigenvalue weighted by molar-refractivity contribution is 0.187. The van der Waals surface area contributed by atoms with Crippen molar-refractivity contribution in [2.75, 3.05) is 13.6 Å². The molecule has 1 aliphatic rings. The van der Waals surface area contributed by atoms with E-state index in [-0.39, 0.29) is 23.9 Å². The molecule has 1 atom stereocenters. The first-order chi connectivity index (χ1) is 8.00. The van der Waals surface area contributed by atoms with Gasteiger partial charge in [0.15, 0.2) is 0 Å². The smallest absolute Gasteiger partial charge is 0.320 e. The van der Waals surface area contributed by atoms with Gasteiger partial charge in [-0.25, -0.2) is 9.18 Å². The van der Waals surface area contributed by atoms with Crippen LogP contribution in [0.5, 0.6) is 0 Å². The minimum Gasteiger partial charge on any atom is -0.320 e. The molecule has 0 N–H and O–H groups in total. The minimum atomic E-state index is -0.258. The fourth-order valence-electron chi connectivity index (χ4n) is 2.20. The summed E-state index contributed by atoms with van der Waals surface area (Å²) in [6.45, 7) is 4.59. The summed E-state index contributed by atoms with van der Waals surface area (Å²) in [5.41, 5.74) is 0.851. The molecule has 1 heterocycles. The summed E-state index contributed by atoms with van der Waals surface area (Å²) in [4.78, 5) is 15.5. The standard InChI is InChI=1S/C13H17FN2O/c1-9(2)16-8-12(15(3)13(16)17)10-5-4-6-11(14)7-10/h4-7,9,12H,8H2,1-3H3. The summed E-state index contributed by atoms with van der Waals surface area (Å²) in [6.07, 6.45) is 0. The molecule has 1 fully saturated rings. The Morgan fingerprint density at radius 1 is 1.41 bits per heavy atom. The second-order valence-corrected chi connectivity index (χ2v) is 4.71. The molecule has 1 saturated heterocycles. The van der Waals surface area contributed by atoms with Crippen LogP contribution < -0.4 is 0 Å². The quantitative estimate of drug-likeness (QED) is 0.774. The highest BCUT2D eigenvalue weighted by atomic mass is 19.1. The van der Waals surface area contributed by atoms with E-state index in [4.69, 9.17) is 0 Å². The van der Waals surface area contributed by atoms with E-state index in [0.717, 1.165) is 5.56 Å². The number of benzene rings is 1. The molecule has 1 aromatic rings. The van der Waals surface area contributed by atoms with Gasteiger partial charge in [0.2, 0.25) is 0 Å². The van der Waals surface area contributed by atoms with Crippen LogP contribution in [0.3, 0.4) is 0 Å². The Hall–Kier alpha value is -1.58. The lowest BCUT2D eigenvalue weighted by Gasteiger charge is -2.19. The third-order valence-electron chi connectivity index (χ3n) is 3.24. The molecule has 0 aromatic heterocycles. The first-order valence-electron chi connectivity index (χ1n) is 5.79. The van der Waals surface area contributed by atoms with Crippen molar-refractivity contribution in [3.05, 3.63) is 35.6 Å².